The van der Waals surface area contributed by atoms with Crippen LogP contribution >= 0.6 is 12.2 Å². The van der Waals surface area contributed by atoms with Crippen molar-refractivity contribution in [3.63, 3.8) is 0 Å². The molecule has 2 N–H and O–H groups in total. The number of piperidine rings is 1. The molecule has 0 spiro atoms. The van der Waals surface area contributed by atoms with Gasteiger partial charge in [-0.25, -0.2) is 4.79 Å². The minimum Gasteiger partial charge on any atom is -0.478 e. The van der Waals surface area contributed by atoms with Crippen LogP contribution in [0.4, 0.5) is 5.82 Å². The summed E-state index contributed by atoms with van der Waals surface area (Å²) in [5, 5.41) is 15.8. The van der Waals surface area contributed by atoms with E-state index in [1.807, 2.05) is 4.90 Å². The highest BCUT2D eigenvalue weighted by atomic mass is 32.1. The largest absolute Gasteiger partial charge is 0.478 e. The third-order valence-corrected chi connectivity index (χ3v) is 2.88. The fourth-order valence-electron chi connectivity index (χ4n) is 1.90. The monoisotopic (exact) mass is 239 g/mol. The Bertz CT molecular complexity index is 452. The summed E-state index contributed by atoms with van der Waals surface area (Å²) in [4.78, 5) is 13.1. The van der Waals surface area contributed by atoms with Crippen molar-refractivity contribution in [3.05, 3.63) is 16.3 Å². The van der Waals surface area contributed by atoms with E-state index in [-0.39, 0.29) is 5.56 Å². The summed E-state index contributed by atoms with van der Waals surface area (Å²) in [5.74, 6) is -0.478. The van der Waals surface area contributed by atoms with E-state index in [1.165, 1.54) is 12.5 Å². The van der Waals surface area contributed by atoms with E-state index in [0.29, 0.717) is 10.5 Å². The Morgan fingerprint density at radius 3 is 2.75 bits per heavy atom. The first-order chi connectivity index (χ1) is 7.68. The smallest absolute Gasteiger partial charge is 0.339 e. The van der Waals surface area contributed by atoms with Crippen LogP contribution in [0.25, 0.3) is 0 Å². The predicted molar refractivity (Wildman–Crippen MR) is 62.4 cm³/mol. The molecule has 86 valence electrons. The zero-order chi connectivity index (χ0) is 11.5. The van der Waals surface area contributed by atoms with Crippen LogP contribution in [0.2, 0.25) is 0 Å². The van der Waals surface area contributed by atoms with Crippen LogP contribution in [0.1, 0.15) is 29.6 Å². The molecular formula is C10H13N3O2S. The molecule has 5 nitrogen and oxygen atoms in total. The van der Waals surface area contributed by atoms with Crippen LogP contribution in [0.3, 0.4) is 0 Å². The van der Waals surface area contributed by atoms with Gasteiger partial charge in [-0.3, -0.25) is 5.10 Å². The van der Waals surface area contributed by atoms with Gasteiger partial charge in [0.1, 0.15) is 10.2 Å². The Kier molecular flexibility index (Phi) is 3.19. The first-order valence-electron chi connectivity index (χ1n) is 5.26. The topological polar surface area (TPSA) is 69.2 Å². The zero-order valence-electron chi connectivity index (χ0n) is 8.77. The van der Waals surface area contributed by atoms with Gasteiger partial charge in [0.2, 0.25) is 0 Å². The maximum Gasteiger partial charge on any atom is 0.339 e. The van der Waals surface area contributed by atoms with Crippen LogP contribution in [0.5, 0.6) is 0 Å². The van der Waals surface area contributed by atoms with E-state index in [0.717, 1.165) is 25.9 Å². The van der Waals surface area contributed by atoms with Crippen LogP contribution in [-0.4, -0.2) is 34.4 Å². The van der Waals surface area contributed by atoms with E-state index in [1.54, 1.807) is 0 Å². The average Bonchev–Trinajstić information content (AvgIpc) is 2.30. The SMILES string of the molecule is O=C(O)c1cc(=S)[nH]nc1N1CCCCC1. The number of hydrogen-bond acceptors (Lipinski definition) is 4. The summed E-state index contributed by atoms with van der Waals surface area (Å²) in [6.07, 6.45) is 3.36. The predicted octanol–water partition coefficient (Wildman–Crippen LogP) is 1.83. The fraction of sp³-hybridized carbons (Fsp3) is 0.500. The Labute approximate surface area is 98.1 Å². The molecule has 1 aliphatic heterocycles. The molecule has 1 aromatic heterocycles. The Balaban J connectivity index is 2.38. The third kappa shape index (κ3) is 2.21. The van der Waals surface area contributed by atoms with Gasteiger partial charge in [0.25, 0.3) is 0 Å². The number of rotatable bonds is 2. The van der Waals surface area contributed by atoms with Gasteiger partial charge in [-0.1, -0.05) is 12.2 Å². The highest BCUT2D eigenvalue weighted by Crippen LogP contribution is 2.20. The number of carboxylic acid groups (broad SMARTS) is 1. The van der Waals surface area contributed by atoms with Crippen molar-refractivity contribution in [2.75, 3.05) is 18.0 Å². The van der Waals surface area contributed by atoms with Gasteiger partial charge >= 0.3 is 5.97 Å². The van der Waals surface area contributed by atoms with Crippen molar-refractivity contribution < 1.29 is 9.90 Å². The van der Waals surface area contributed by atoms with Gasteiger partial charge in [-0.2, -0.15) is 5.10 Å². The van der Waals surface area contributed by atoms with Gasteiger partial charge in [-0.05, 0) is 25.3 Å². The summed E-state index contributed by atoms with van der Waals surface area (Å²) in [6, 6.07) is 1.45. The van der Waals surface area contributed by atoms with Crippen molar-refractivity contribution >= 4 is 24.0 Å². The molecule has 1 fully saturated rings. The summed E-state index contributed by atoms with van der Waals surface area (Å²) in [5.41, 5.74) is 0.186. The highest BCUT2D eigenvalue weighted by Gasteiger charge is 2.19. The normalized spacial score (nSPS) is 16.1. The number of nitrogens with one attached hydrogen (secondary N) is 1. The summed E-state index contributed by atoms with van der Waals surface area (Å²) >= 11 is 4.88. The molecule has 16 heavy (non-hydrogen) atoms. The lowest BCUT2D eigenvalue weighted by molar-refractivity contribution is 0.0696. The molecule has 0 amide bonds. The number of aromatic nitrogens is 2. The van der Waals surface area contributed by atoms with Crippen molar-refractivity contribution in [1.29, 1.82) is 0 Å². The molecule has 0 aliphatic carbocycles. The molecule has 1 aliphatic rings. The molecule has 0 aromatic carbocycles. The number of aromatic amines is 1. The van der Waals surface area contributed by atoms with E-state index < -0.39 is 5.97 Å². The quantitative estimate of drug-likeness (QED) is 0.770. The maximum atomic E-state index is 11.1. The Morgan fingerprint density at radius 1 is 1.44 bits per heavy atom. The minimum absolute atomic E-state index is 0.186. The van der Waals surface area contributed by atoms with Gasteiger partial charge < -0.3 is 10.0 Å². The highest BCUT2D eigenvalue weighted by molar-refractivity contribution is 7.71. The van der Waals surface area contributed by atoms with Crippen molar-refractivity contribution in [1.82, 2.24) is 10.2 Å². The molecule has 2 rings (SSSR count). The number of hydrogen-bond donors (Lipinski definition) is 2. The first-order valence-corrected chi connectivity index (χ1v) is 5.67. The first kappa shape index (κ1) is 11.1. The van der Waals surface area contributed by atoms with E-state index in [9.17, 15) is 4.79 Å². The molecule has 0 bridgehead atoms. The van der Waals surface area contributed by atoms with Crippen molar-refractivity contribution in [2.24, 2.45) is 0 Å². The van der Waals surface area contributed by atoms with Gasteiger partial charge in [-0.15, -0.1) is 0 Å². The van der Waals surface area contributed by atoms with Crippen LogP contribution in [0.15, 0.2) is 6.07 Å². The third-order valence-electron chi connectivity index (χ3n) is 2.67. The summed E-state index contributed by atoms with van der Waals surface area (Å²) in [6.45, 7) is 1.72. The summed E-state index contributed by atoms with van der Waals surface area (Å²) < 4.78 is 0.346. The van der Waals surface area contributed by atoms with Crippen LogP contribution in [-0.2, 0) is 0 Å². The Hall–Kier alpha value is -1.43. The van der Waals surface area contributed by atoms with E-state index in [2.05, 4.69) is 10.2 Å². The molecule has 0 radical (unpaired) electrons. The second-order valence-corrected chi connectivity index (χ2v) is 4.26. The summed E-state index contributed by atoms with van der Waals surface area (Å²) in [7, 11) is 0. The van der Waals surface area contributed by atoms with Gasteiger partial charge in [0.15, 0.2) is 5.82 Å². The molecule has 1 aromatic rings. The van der Waals surface area contributed by atoms with Crippen molar-refractivity contribution in [2.45, 2.75) is 19.3 Å². The Morgan fingerprint density at radius 2 is 2.12 bits per heavy atom. The number of carbonyl (C=O) groups is 1. The standard InChI is InChI=1S/C10H13N3O2S/c14-10(15)7-6-8(16)11-12-9(7)13-4-2-1-3-5-13/h6H,1-5H2,(H,11,16)(H,14,15). The van der Waals surface area contributed by atoms with Gasteiger partial charge in [0, 0.05) is 13.1 Å². The van der Waals surface area contributed by atoms with Crippen LogP contribution in [0, 0.1) is 4.64 Å². The van der Waals surface area contributed by atoms with E-state index in [4.69, 9.17) is 17.3 Å². The average molecular weight is 239 g/mol. The molecule has 6 heteroatoms. The molecular weight excluding hydrogens is 226 g/mol. The lowest BCUT2D eigenvalue weighted by Crippen LogP contribution is -2.32. The molecule has 1 saturated heterocycles. The zero-order valence-corrected chi connectivity index (χ0v) is 9.59. The molecule has 0 saturated carbocycles. The molecule has 0 atom stereocenters. The minimum atomic E-state index is -0.979. The molecule has 2 heterocycles. The fourth-order valence-corrected chi connectivity index (χ4v) is 2.06. The second kappa shape index (κ2) is 4.61. The number of carboxylic acids is 1. The number of aromatic carboxylic acids is 1. The maximum absolute atomic E-state index is 11.1. The number of H-pyrrole nitrogens is 1. The number of nitrogens with zero attached hydrogens (tertiary/aromatic N) is 2. The van der Waals surface area contributed by atoms with E-state index >= 15 is 0 Å². The van der Waals surface area contributed by atoms with Crippen molar-refractivity contribution in [3.8, 4) is 0 Å². The lowest BCUT2D eigenvalue weighted by atomic mass is 10.1. The number of anilines is 1. The van der Waals surface area contributed by atoms with Gasteiger partial charge in [0.05, 0.1) is 0 Å². The molecule has 0 unspecified atom stereocenters. The lowest BCUT2D eigenvalue weighted by Gasteiger charge is -2.28. The second-order valence-electron chi connectivity index (χ2n) is 3.82. The van der Waals surface area contributed by atoms with Crippen LogP contribution < -0.4 is 4.90 Å².